The number of nitrogens with two attached hydrogens (primary N) is 1. The standard InChI is InChI=1S/C19H32N2/c1-3-15(2)18(16-11-9-6-10-12-16)19(21-20)17-13-7-4-5-8-14-17/h6,9-12,15,17-19,21H,3-5,7-8,13-14,20H2,1-2H3. The van der Waals surface area contributed by atoms with Crippen LogP contribution in [0.5, 0.6) is 0 Å². The molecule has 3 atom stereocenters. The van der Waals surface area contributed by atoms with Gasteiger partial charge < -0.3 is 0 Å². The van der Waals surface area contributed by atoms with Crippen LogP contribution in [0.2, 0.25) is 0 Å². The van der Waals surface area contributed by atoms with E-state index in [9.17, 15) is 0 Å². The lowest BCUT2D eigenvalue weighted by Crippen LogP contribution is -2.46. The Hall–Kier alpha value is -0.860. The van der Waals surface area contributed by atoms with Gasteiger partial charge in [-0.2, -0.15) is 0 Å². The Morgan fingerprint density at radius 1 is 1.10 bits per heavy atom. The van der Waals surface area contributed by atoms with Crippen molar-refractivity contribution in [3.63, 3.8) is 0 Å². The third-order valence-corrected chi connectivity index (χ3v) is 5.43. The largest absolute Gasteiger partial charge is 0.271 e. The van der Waals surface area contributed by atoms with Gasteiger partial charge in [0.1, 0.15) is 0 Å². The Balaban J connectivity index is 2.24. The summed E-state index contributed by atoms with van der Waals surface area (Å²) in [7, 11) is 0. The minimum Gasteiger partial charge on any atom is -0.271 e. The summed E-state index contributed by atoms with van der Waals surface area (Å²) in [5.41, 5.74) is 4.66. The molecular formula is C19H32N2. The number of benzene rings is 1. The van der Waals surface area contributed by atoms with Gasteiger partial charge >= 0.3 is 0 Å². The van der Waals surface area contributed by atoms with Crippen LogP contribution in [0.3, 0.4) is 0 Å². The summed E-state index contributed by atoms with van der Waals surface area (Å²) in [6.07, 6.45) is 9.38. The topological polar surface area (TPSA) is 38.0 Å². The highest BCUT2D eigenvalue weighted by Gasteiger charge is 2.32. The average Bonchev–Trinajstić information content (AvgIpc) is 2.81. The Morgan fingerprint density at radius 3 is 2.24 bits per heavy atom. The molecule has 0 spiro atoms. The molecule has 1 aromatic rings. The first-order chi connectivity index (χ1) is 10.3. The van der Waals surface area contributed by atoms with Crippen LogP contribution in [-0.4, -0.2) is 6.04 Å². The van der Waals surface area contributed by atoms with Crippen LogP contribution in [0.25, 0.3) is 0 Å². The highest BCUT2D eigenvalue weighted by atomic mass is 15.2. The number of nitrogens with one attached hydrogen (secondary N) is 1. The first-order valence-corrected chi connectivity index (χ1v) is 8.79. The molecule has 0 amide bonds. The number of hydrogen-bond donors (Lipinski definition) is 2. The van der Waals surface area contributed by atoms with Crippen molar-refractivity contribution in [2.45, 2.75) is 70.8 Å². The predicted molar refractivity (Wildman–Crippen MR) is 90.9 cm³/mol. The average molecular weight is 288 g/mol. The summed E-state index contributed by atoms with van der Waals surface area (Å²) in [4.78, 5) is 0. The molecule has 1 aromatic carbocycles. The lowest BCUT2D eigenvalue weighted by molar-refractivity contribution is 0.237. The van der Waals surface area contributed by atoms with Gasteiger partial charge in [-0.1, -0.05) is 76.3 Å². The van der Waals surface area contributed by atoms with Crippen LogP contribution in [0.15, 0.2) is 30.3 Å². The van der Waals surface area contributed by atoms with Crippen molar-refractivity contribution >= 4 is 0 Å². The maximum atomic E-state index is 6.04. The molecule has 3 unspecified atom stereocenters. The molecule has 2 nitrogen and oxygen atoms in total. The summed E-state index contributed by atoms with van der Waals surface area (Å²) in [5.74, 6) is 7.92. The minimum absolute atomic E-state index is 0.403. The van der Waals surface area contributed by atoms with Crippen LogP contribution >= 0.6 is 0 Å². The molecule has 3 N–H and O–H groups in total. The number of rotatable bonds is 6. The molecule has 0 heterocycles. The van der Waals surface area contributed by atoms with E-state index < -0.39 is 0 Å². The zero-order valence-corrected chi connectivity index (χ0v) is 13.7. The molecule has 0 saturated heterocycles. The number of hydrazine groups is 1. The highest BCUT2D eigenvalue weighted by Crippen LogP contribution is 2.37. The van der Waals surface area contributed by atoms with Crippen molar-refractivity contribution in [2.75, 3.05) is 0 Å². The molecule has 118 valence electrons. The summed E-state index contributed by atoms with van der Waals surface area (Å²) in [6, 6.07) is 11.4. The first kappa shape index (κ1) is 16.5. The maximum absolute atomic E-state index is 6.04. The third kappa shape index (κ3) is 4.31. The second kappa shape index (κ2) is 8.55. The van der Waals surface area contributed by atoms with Gasteiger partial charge in [-0.15, -0.1) is 0 Å². The zero-order chi connectivity index (χ0) is 15.1. The fraction of sp³-hybridized carbons (Fsp3) is 0.684. The Morgan fingerprint density at radius 2 is 1.71 bits per heavy atom. The summed E-state index contributed by atoms with van der Waals surface area (Å²) in [5, 5.41) is 0. The quantitative estimate of drug-likeness (QED) is 0.455. The van der Waals surface area contributed by atoms with Crippen LogP contribution < -0.4 is 11.3 Å². The van der Waals surface area contributed by atoms with Gasteiger partial charge in [0.2, 0.25) is 0 Å². The molecule has 1 saturated carbocycles. The van der Waals surface area contributed by atoms with Gasteiger partial charge in [-0.05, 0) is 30.2 Å². The van der Waals surface area contributed by atoms with Crippen LogP contribution in [-0.2, 0) is 0 Å². The monoisotopic (exact) mass is 288 g/mol. The minimum atomic E-state index is 0.403. The van der Waals surface area contributed by atoms with Gasteiger partial charge in [0.15, 0.2) is 0 Å². The van der Waals surface area contributed by atoms with Crippen molar-refractivity contribution < 1.29 is 0 Å². The Bertz CT molecular complexity index is 382. The third-order valence-electron chi connectivity index (χ3n) is 5.43. The lowest BCUT2D eigenvalue weighted by atomic mass is 9.74. The van der Waals surface area contributed by atoms with E-state index in [0.717, 1.165) is 5.92 Å². The first-order valence-electron chi connectivity index (χ1n) is 8.79. The van der Waals surface area contributed by atoms with Crippen LogP contribution in [0, 0.1) is 11.8 Å². The van der Waals surface area contributed by atoms with Gasteiger partial charge in [0.05, 0.1) is 0 Å². The normalized spacial score (nSPS) is 21.5. The number of hydrogen-bond acceptors (Lipinski definition) is 2. The van der Waals surface area contributed by atoms with E-state index in [4.69, 9.17) is 5.84 Å². The molecule has 0 bridgehead atoms. The summed E-state index contributed by atoms with van der Waals surface area (Å²) >= 11 is 0. The van der Waals surface area contributed by atoms with E-state index in [1.165, 1.54) is 50.5 Å². The molecule has 2 rings (SSSR count). The molecule has 1 aliphatic rings. The molecule has 0 radical (unpaired) electrons. The molecule has 0 aromatic heterocycles. The SMILES string of the molecule is CCC(C)C(c1ccccc1)C(NN)C1CCCCCC1. The van der Waals surface area contributed by atoms with E-state index in [1.54, 1.807) is 0 Å². The second-order valence-corrected chi connectivity index (χ2v) is 6.77. The van der Waals surface area contributed by atoms with E-state index in [1.807, 2.05) is 0 Å². The van der Waals surface area contributed by atoms with E-state index >= 15 is 0 Å². The van der Waals surface area contributed by atoms with Gasteiger partial charge in [0.25, 0.3) is 0 Å². The Labute approximate surface area is 130 Å². The van der Waals surface area contributed by atoms with Crippen molar-refractivity contribution in [2.24, 2.45) is 17.7 Å². The van der Waals surface area contributed by atoms with Gasteiger partial charge in [-0.3, -0.25) is 11.3 Å². The summed E-state index contributed by atoms with van der Waals surface area (Å²) < 4.78 is 0. The zero-order valence-electron chi connectivity index (χ0n) is 13.7. The molecule has 1 fully saturated rings. The smallest absolute Gasteiger partial charge is 0.0309 e. The molecule has 21 heavy (non-hydrogen) atoms. The van der Waals surface area contributed by atoms with Crippen molar-refractivity contribution in [3.05, 3.63) is 35.9 Å². The molecule has 2 heteroatoms. The molecular weight excluding hydrogens is 256 g/mol. The fourth-order valence-corrected chi connectivity index (χ4v) is 4.02. The fourth-order valence-electron chi connectivity index (χ4n) is 4.02. The van der Waals surface area contributed by atoms with E-state index in [-0.39, 0.29) is 0 Å². The van der Waals surface area contributed by atoms with Crippen LogP contribution in [0.4, 0.5) is 0 Å². The van der Waals surface area contributed by atoms with Crippen LogP contribution in [0.1, 0.15) is 70.3 Å². The highest BCUT2D eigenvalue weighted by molar-refractivity contribution is 5.22. The lowest BCUT2D eigenvalue weighted by Gasteiger charge is -2.36. The second-order valence-electron chi connectivity index (χ2n) is 6.77. The van der Waals surface area contributed by atoms with Gasteiger partial charge in [0, 0.05) is 12.0 Å². The maximum Gasteiger partial charge on any atom is 0.0309 e. The Kier molecular flexibility index (Phi) is 6.72. The predicted octanol–water partition coefficient (Wildman–Crippen LogP) is 4.62. The van der Waals surface area contributed by atoms with Gasteiger partial charge in [-0.25, -0.2) is 0 Å². The summed E-state index contributed by atoms with van der Waals surface area (Å²) in [6.45, 7) is 4.67. The van der Waals surface area contributed by atoms with E-state index in [0.29, 0.717) is 17.9 Å². The van der Waals surface area contributed by atoms with E-state index in [2.05, 4.69) is 49.6 Å². The molecule has 0 aliphatic heterocycles. The molecule has 1 aliphatic carbocycles. The van der Waals surface area contributed by atoms with Crippen molar-refractivity contribution in [3.8, 4) is 0 Å². The van der Waals surface area contributed by atoms with Crippen molar-refractivity contribution in [1.29, 1.82) is 0 Å². The van der Waals surface area contributed by atoms with Crippen molar-refractivity contribution in [1.82, 2.24) is 5.43 Å².